The molecule has 0 saturated carbocycles. The summed E-state index contributed by atoms with van der Waals surface area (Å²) in [5.41, 5.74) is 0. The molecule has 0 radical (unpaired) electrons. The van der Waals surface area contributed by atoms with Crippen molar-refractivity contribution in [3.05, 3.63) is 12.2 Å². The van der Waals surface area contributed by atoms with E-state index in [1.165, 1.54) is 360 Å². The van der Waals surface area contributed by atoms with Crippen molar-refractivity contribution in [3.8, 4) is 0 Å². The number of aliphatic hydroxyl groups is 2. The topological polar surface area (TPSA) is 95.9 Å². The second-order valence-electron chi connectivity index (χ2n) is 25.6. The maximum absolute atomic E-state index is 12.5. The summed E-state index contributed by atoms with van der Waals surface area (Å²) in [6, 6.07) is -0.626. The molecule has 1 amide bonds. The van der Waals surface area contributed by atoms with Gasteiger partial charge in [-0.05, 0) is 32.1 Å². The Morgan fingerprint density at radius 2 is 0.575 bits per heavy atom. The Kier molecular flexibility index (Phi) is 68.9. The molecule has 0 saturated heterocycles. The first-order valence-corrected chi connectivity index (χ1v) is 37.0. The SMILES string of the molecule is CCCCCCCCCCCCCCCCCCCC/C=C/C(O)C(CO)NC(=O)CCCCCCCCCCCCCCCCCCCCCCCCCCCCOC(=O)CCCCCCCCCCCCCCCCCCC. The molecule has 3 N–H and O–H groups in total. The standard InChI is InChI=1S/C74H145NO5/c1-3-5-7-9-11-13-15-17-19-21-22-31-35-38-42-46-50-54-58-62-66-72(77)71(70-76)75-73(78)67-63-59-55-51-47-43-39-36-32-29-27-25-23-24-26-28-30-33-37-41-45-49-53-57-61-65-69-80-74(79)68-64-60-56-52-48-44-40-34-20-18-16-14-12-10-8-6-4-2/h62,66,71-72,76-77H,3-61,63-65,67-70H2,1-2H3,(H,75,78)/b66-62+. The highest BCUT2D eigenvalue weighted by Gasteiger charge is 2.18. The zero-order chi connectivity index (χ0) is 57.8. The third-order valence-corrected chi connectivity index (χ3v) is 17.6. The maximum atomic E-state index is 12.5. The van der Waals surface area contributed by atoms with E-state index in [-0.39, 0.29) is 18.5 Å². The van der Waals surface area contributed by atoms with Crippen LogP contribution in [0.4, 0.5) is 0 Å². The maximum Gasteiger partial charge on any atom is 0.305 e. The molecule has 2 atom stereocenters. The normalized spacial score (nSPS) is 12.5. The number of carbonyl (C=O) groups excluding carboxylic acids is 2. The first kappa shape index (κ1) is 78.6. The molecule has 0 heterocycles. The van der Waals surface area contributed by atoms with Crippen LogP contribution >= 0.6 is 0 Å². The predicted octanol–water partition coefficient (Wildman–Crippen LogP) is 23.9. The lowest BCUT2D eigenvalue weighted by Crippen LogP contribution is -2.45. The molecule has 0 spiro atoms. The monoisotopic (exact) mass is 1130 g/mol. The van der Waals surface area contributed by atoms with Crippen LogP contribution in [0.15, 0.2) is 12.2 Å². The summed E-state index contributed by atoms with van der Waals surface area (Å²) >= 11 is 0. The molecule has 2 unspecified atom stereocenters. The Labute approximate surface area is 501 Å². The van der Waals surface area contributed by atoms with Gasteiger partial charge in [0.15, 0.2) is 0 Å². The molecular weight excluding hydrogens is 983 g/mol. The lowest BCUT2D eigenvalue weighted by molar-refractivity contribution is -0.143. The number of nitrogens with one attached hydrogen (secondary N) is 1. The summed E-state index contributed by atoms with van der Waals surface area (Å²) in [5, 5.41) is 23.3. The molecule has 6 heteroatoms. The molecular formula is C74H145NO5. The highest BCUT2D eigenvalue weighted by atomic mass is 16.5. The zero-order valence-corrected chi connectivity index (χ0v) is 54.6. The lowest BCUT2D eigenvalue weighted by atomic mass is 10.0. The van der Waals surface area contributed by atoms with Gasteiger partial charge in [0, 0.05) is 12.8 Å². The van der Waals surface area contributed by atoms with Gasteiger partial charge in [0.25, 0.3) is 0 Å². The fourth-order valence-electron chi connectivity index (χ4n) is 11.9. The van der Waals surface area contributed by atoms with Crippen molar-refractivity contribution in [2.24, 2.45) is 0 Å². The Morgan fingerprint density at radius 3 is 0.850 bits per heavy atom. The Morgan fingerprint density at radius 1 is 0.338 bits per heavy atom. The quantitative estimate of drug-likeness (QED) is 0.0320. The molecule has 0 aliphatic heterocycles. The van der Waals surface area contributed by atoms with Crippen LogP contribution in [0, 0.1) is 0 Å². The molecule has 0 aromatic rings. The van der Waals surface area contributed by atoms with Gasteiger partial charge in [-0.15, -0.1) is 0 Å². The minimum Gasteiger partial charge on any atom is -0.466 e. The van der Waals surface area contributed by atoms with E-state index in [1.54, 1.807) is 6.08 Å². The molecule has 0 aromatic heterocycles. The number of hydrogen-bond acceptors (Lipinski definition) is 5. The summed E-state index contributed by atoms with van der Waals surface area (Å²) in [5.74, 6) is -0.0390. The van der Waals surface area contributed by atoms with Crippen molar-refractivity contribution in [1.82, 2.24) is 5.32 Å². The number of amides is 1. The molecule has 0 aliphatic rings. The third-order valence-electron chi connectivity index (χ3n) is 17.6. The van der Waals surface area contributed by atoms with Crippen molar-refractivity contribution in [2.75, 3.05) is 13.2 Å². The van der Waals surface area contributed by atoms with Crippen molar-refractivity contribution in [3.63, 3.8) is 0 Å². The third kappa shape index (κ3) is 65.7. The van der Waals surface area contributed by atoms with E-state index in [4.69, 9.17) is 4.74 Å². The van der Waals surface area contributed by atoms with Gasteiger partial charge in [0.1, 0.15) is 0 Å². The van der Waals surface area contributed by atoms with E-state index in [9.17, 15) is 19.8 Å². The summed E-state index contributed by atoms with van der Waals surface area (Å²) < 4.78 is 5.51. The van der Waals surface area contributed by atoms with E-state index >= 15 is 0 Å². The number of carbonyl (C=O) groups is 2. The number of ether oxygens (including phenoxy) is 1. The van der Waals surface area contributed by atoms with Gasteiger partial charge in [-0.25, -0.2) is 0 Å². The van der Waals surface area contributed by atoms with Gasteiger partial charge in [0.05, 0.1) is 25.4 Å². The van der Waals surface area contributed by atoms with E-state index in [2.05, 4.69) is 19.2 Å². The van der Waals surface area contributed by atoms with Crippen LogP contribution in [-0.4, -0.2) is 47.4 Å². The van der Waals surface area contributed by atoms with Crippen LogP contribution in [-0.2, 0) is 14.3 Å². The van der Waals surface area contributed by atoms with Gasteiger partial charge in [-0.2, -0.15) is 0 Å². The molecule has 0 aromatic carbocycles. The number of aliphatic hydroxyl groups excluding tert-OH is 2. The van der Waals surface area contributed by atoms with Crippen molar-refractivity contribution in [2.45, 2.75) is 437 Å². The van der Waals surface area contributed by atoms with Crippen molar-refractivity contribution < 1.29 is 24.5 Å². The first-order chi connectivity index (χ1) is 39.5. The first-order valence-electron chi connectivity index (χ1n) is 37.0. The molecule has 6 nitrogen and oxygen atoms in total. The van der Waals surface area contributed by atoms with E-state index in [0.717, 1.165) is 38.5 Å². The lowest BCUT2D eigenvalue weighted by Gasteiger charge is -2.20. The summed E-state index contributed by atoms with van der Waals surface area (Å²) in [6.45, 7) is 4.96. The molecule has 476 valence electrons. The molecule has 80 heavy (non-hydrogen) atoms. The number of rotatable bonds is 70. The van der Waals surface area contributed by atoms with E-state index in [1.807, 2.05) is 6.08 Å². The van der Waals surface area contributed by atoms with Crippen LogP contribution in [0.5, 0.6) is 0 Å². The fourth-order valence-corrected chi connectivity index (χ4v) is 11.9. The van der Waals surface area contributed by atoms with Crippen LogP contribution in [0.1, 0.15) is 425 Å². The summed E-state index contributed by atoms with van der Waals surface area (Å²) in [7, 11) is 0. The minimum absolute atomic E-state index is 0.0220. The van der Waals surface area contributed by atoms with Gasteiger partial charge in [0.2, 0.25) is 5.91 Å². The average Bonchev–Trinajstić information content (AvgIpc) is 3.46. The van der Waals surface area contributed by atoms with Crippen molar-refractivity contribution >= 4 is 11.9 Å². The smallest absolute Gasteiger partial charge is 0.305 e. The number of hydrogen-bond donors (Lipinski definition) is 3. The summed E-state index contributed by atoms with van der Waals surface area (Å²) in [4.78, 5) is 24.6. The molecule has 0 bridgehead atoms. The number of unbranched alkanes of at least 4 members (excludes halogenated alkanes) is 59. The minimum atomic E-state index is -0.843. The molecule has 0 aliphatic carbocycles. The Bertz CT molecular complexity index is 1210. The van der Waals surface area contributed by atoms with Gasteiger partial charge >= 0.3 is 5.97 Å². The highest BCUT2D eigenvalue weighted by Crippen LogP contribution is 2.20. The van der Waals surface area contributed by atoms with Gasteiger partial charge in [-0.1, -0.05) is 392 Å². The fraction of sp³-hybridized carbons (Fsp3) is 0.946. The average molecular weight is 1130 g/mol. The van der Waals surface area contributed by atoms with Crippen LogP contribution in [0.25, 0.3) is 0 Å². The molecule has 0 rings (SSSR count). The van der Waals surface area contributed by atoms with E-state index in [0.29, 0.717) is 19.4 Å². The highest BCUT2D eigenvalue weighted by molar-refractivity contribution is 5.76. The van der Waals surface area contributed by atoms with Gasteiger partial charge < -0.3 is 20.3 Å². The Balaban J connectivity index is 3.36. The Hall–Kier alpha value is -1.40. The number of allylic oxidation sites excluding steroid dienone is 1. The largest absolute Gasteiger partial charge is 0.466 e. The second kappa shape index (κ2) is 70.1. The zero-order valence-electron chi connectivity index (χ0n) is 54.6. The summed E-state index contributed by atoms with van der Waals surface area (Å²) in [6.07, 6.45) is 87.3. The van der Waals surface area contributed by atoms with Crippen LogP contribution in [0.2, 0.25) is 0 Å². The molecule has 0 fully saturated rings. The van der Waals surface area contributed by atoms with E-state index < -0.39 is 12.1 Å². The van der Waals surface area contributed by atoms with Gasteiger partial charge in [-0.3, -0.25) is 9.59 Å². The van der Waals surface area contributed by atoms with Crippen LogP contribution in [0.3, 0.4) is 0 Å². The van der Waals surface area contributed by atoms with Crippen LogP contribution < -0.4 is 5.32 Å². The van der Waals surface area contributed by atoms with Crippen molar-refractivity contribution in [1.29, 1.82) is 0 Å². The second-order valence-corrected chi connectivity index (χ2v) is 25.6. The number of esters is 1. The predicted molar refractivity (Wildman–Crippen MR) is 352 cm³/mol.